The predicted octanol–water partition coefficient (Wildman–Crippen LogP) is 3.62. The molecule has 2 aromatic carbocycles. The Hall–Kier alpha value is -2.21. The second-order valence-corrected chi connectivity index (χ2v) is 6.34. The van der Waals surface area contributed by atoms with Crippen molar-refractivity contribution in [3.8, 4) is 23.0 Å². The van der Waals surface area contributed by atoms with Crippen LogP contribution in [0.25, 0.3) is 0 Å². The second-order valence-electron chi connectivity index (χ2n) is 5.23. The van der Waals surface area contributed by atoms with E-state index in [0.29, 0.717) is 35.2 Å². The Kier molecular flexibility index (Phi) is 4.94. The van der Waals surface area contributed by atoms with Crippen molar-refractivity contribution in [1.29, 1.82) is 0 Å². The van der Waals surface area contributed by atoms with Crippen molar-refractivity contribution in [2.75, 3.05) is 20.8 Å². The summed E-state index contributed by atoms with van der Waals surface area (Å²) in [4.78, 5) is 12.0. The number of hydrogen-bond donors (Lipinski definition) is 0. The van der Waals surface area contributed by atoms with E-state index in [1.54, 1.807) is 6.07 Å². The molecule has 1 atom stereocenters. The van der Waals surface area contributed by atoms with Gasteiger partial charge in [-0.25, -0.2) is 0 Å². The summed E-state index contributed by atoms with van der Waals surface area (Å²) in [6, 6.07) is 11.5. The van der Waals surface area contributed by atoms with Crippen LogP contribution in [0.2, 0.25) is 0 Å². The molecular weight excluding hydrogens is 376 g/mol. The van der Waals surface area contributed by atoms with Gasteiger partial charge in [-0.05, 0) is 5.56 Å². The Morgan fingerprint density at radius 2 is 1.88 bits per heavy atom. The topological polar surface area (TPSA) is 54.0 Å². The van der Waals surface area contributed by atoms with E-state index in [1.807, 2.05) is 30.3 Å². The van der Waals surface area contributed by atoms with Crippen LogP contribution in [0.3, 0.4) is 0 Å². The fourth-order valence-corrected chi connectivity index (χ4v) is 2.93. The van der Waals surface area contributed by atoms with Crippen molar-refractivity contribution in [2.45, 2.75) is 11.4 Å². The van der Waals surface area contributed by atoms with Crippen molar-refractivity contribution in [2.24, 2.45) is 0 Å². The molecule has 0 saturated heterocycles. The zero-order valence-electron chi connectivity index (χ0n) is 13.4. The molecule has 2 aromatic rings. The van der Waals surface area contributed by atoms with Crippen molar-refractivity contribution in [1.82, 2.24) is 0 Å². The summed E-state index contributed by atoms with van der Waals surface area (Å²) in [5.41, 5.74) is 1.39. The highest BCUT2D eigenvalue weighted by Gasteiger charge is 2.34. The highest BCUT2D eigenvalue weighted by Crippen LogP contribution is 2.47. The normalized spacial score (nSPS) is 16.1. The summed E-state index contributed by atoms with van der Waals surface area (Å²) >= 11 is 3.31. The fourth-order valence-electron chi connectivity index (χ4n) is 2.57. The number of hydrogen-bond acceptors (Lipinski definition) is 5. The quantitative estimate of drug-likeness (QED) is 0.727. The molecule has 0 amide bonds. The van der Waals surface area contributed by atoms with Crippen LogP contribution in [0.5, 0.6) is 23.0 Å². The van der Waals surface area contributed by atoms with Crippen LogP contribution in [0, 0.1) is 0 Å². The number of benzene rings is 2. The van der Waals surface area contributed by atoms with E-state index < -0.39 is 4.83 Å². The zero-order chi connectivity index (χ0) is 17.1. The third kappa shape index (κ3) is 3.06. The van der Waals surface area contributed by atoms with E-state index in [1.165, 1.54) is 14.2 Å². The molecule has 1 aliphatic rings. The third-order valence-corrected chi connectivity index (χ3v) is 4.41. The lowest BCUT2D eigenvalue weighted by Gasteiger charge is -2.25. The van der Waals surface area contributed by atoms with Crippen molar-refractivity contribution in [3.63, 3.8) is 0 Å². The average Bonchev–Trinajstić information content (AvgIpc) is 2.62. The van der Waals surface area contributed by atoms with E-state index >= 15 is 0 Å². The largest absolute Gasteiger partial charge is 0.492 e. The van der Waals surface area contributed by atoms with Crippen LogP contribution >= 0.6 is 15.9 Å². The fraction of sp³-hybridized carbons (Fsp3) is 0.278. The monoisotopic (exact) mass is 392 g/mol. The molecule has 1 aliphatic heterocycles. The first kappa shape index (κ1) is 16.6. The molecule has 6 heteroatoms. The highest BCUT2D eigenvalue weighted by molar-refractivity contribution is 9.10. The number of ether oxygens (including phenoxy) is 4. The molecule has 0 aliphatic carbocycles. The van der Waals surface area contributed by atoms with Crippen molar-refractivity contribution < 1.29 is 23.7 Å². The lowest BCUT2D eigenvalue weighted by Crippen LogP contribution is -2.28. The number of methoxy groups -OCH3 is 2. The maximum absolute atomic E-state index is 12.5. The Morgan fingerprint density at radius 3 is 2.54 bits per heavy atom. The molecule has 1 unspecified atom stereocenters. The van der Waals surface area contributed by atoms with Crippen LogP contribution in [-0.2, 0) is 6.61 Å². The number of halogens is 1. The van der Waals surface area contributed by atoms with Gasteiger partial charge >= 0.3 is 0 Å². The third-order valence-electron chi connectivity index (χ3n) is 3.73. The summed E-state index contributed by atoms with van der Waals surface area (Å²) in [6.07, 6.45) is 0. The Morgan fingerprint density at radius 1 is 1.17 bits per heavy atom. The number of rotatable bonds is 5. The maximum Gasteiger partial charge on any atom is 0.204 e. The Balaban J connectivity index is 1.99. The summed E-state index contributed by atoms with van der Waals surface area (Å²) in [6.45, 7) is 0.633. The van der Waals surface area contributed by atoms with Gasteiger partial charge in [0, 0.05) is 6.07 Å². The van der Waals surface area contributed by atoms with Crippen LogP contribution < -0.4 is 18.9 Å². The molecular formula is C18H17BrO5. The van der Waals surface area contributed by atoms with Crippen LogP contribution in [-0.4, -0.2) is 31.4 Å². The lowest BCUT2D eigenvalue weighted by atomic mass is 10.0. The van der Waals surface area contributed by atoms with Crippen LogP contribution in [0.1, 0.15) is 15.9 Å². The molecule has 126 valence electrons. The number of carbonyl (C=O) groups excluding carboxylic acids is 1. The predicted molar refractivity (Wildman–Crippen MR) is 92.9 cm³/mol. The van der Waals surface area contributed by atoms with E-state index in [9.17, 15) is 4.79 Å². The summed E-state index contributed by atoms with van der Waals surface area (Å²) in [5, 5.41) is 0. The van der Waals surface area contributed by atoms with Crippen LogP contribution in [0.4, 0.5) is 0 Å². The lowest BCUT2D eigenvalue weighted by molar-refractivity contribution is 0.0940. The molecule has 0 saturated carbocycles. The SMILES string of the molecule is COc1c(OCc2ccccc2)cc2c(c1OC)C(=O)C(Br)CO2. The maximum atomic E-state index is 12.5. The minimum Gasteiger partial charge on any atom is -0.492 e. The van der Waals surface area contributed by atoms with Gasteiger partial charge in [0.2, 0.25) is 5.75 Å². The van der Waals surface area contributed by atoms with Crippen molar-refractivity contribution in [3.05, 3.63) is 47.5 Å². The molecule has 1 heterocycles. The first-order valence-electron chi connectivity index (χ1n) is 7.42. The molecule has 0 fully saturated rings. The Labute approximate surface area is 148 Å². The van der Waals surface area contributed by atoms with Gasteiger partial charge in [0.1, 0.15) is 29.4 Å². The average molecular weight is 393 g/mol. The van der Waals surface area contributed by atoms with Crippen LogP contribution in [0.15, 0.2) is 36.4 Å². The molecule has 0 spiro atoms. The van der Waals surface area contributed by atoms with E-state index in [0.717, 1.165) is 5.56 Å². The zero-order valence-corrected chi connectivity index (χ0v) is 15.0. The van der Waals surface area contributed by atoms with Gasteiger partial charge in [0.15, 0.2) is 17.3 Å². The van der Waals surface area contributed by atoms with Gasteiger partial charge in [0.05, 0.1) is 14.2 Å². The number of ketones is 1. The van der Waals surface area contributed by atoms with Gasteiger partial charge < -0.3 is 18.9 Å². The molecule has 24 heavy (non-hydrogen) atoms. The number of fused-ring (bicyclic) bond motifs is 1. The molecule has 0 bridgehead atoms. The van der Waals surface area contributed by atoms with E-state index in [-0.39, 0.29) is 12.4 Å². The van der Waals surface area contributed by atoms with E-state index in [2.05, 4.69) is 15.9 Å². The Bertz CT molecular complexity index is 745. The standard InChI is InChI=1S/C18H17BrO5/c1-21-17-14(23-9-11-6-4-3-5-7-11)8-13-15(18(17)22-2)16(20)12(19)10-24-13/h3-8,12H,9-10H2,1-2H3. The van der Waals surface area contributed by atoms with Gasteiger partial charge in [-0.2, -0.15) is 0 Å². The summed E-state index contributed by atoms with van der Waals surface area (Å²) in [7, 11) is 3.00. The molecule has 0 aromatic heterocycles. The smallest absolute Gasteiger partial charge is 0.204 e. The molecule has 3 rings (SSSR count). The van der Waals surface area contributed by atoms with Gasteiger partial charge in [-0.1, -0.05) is 46.3 Å². The van der Waals surface area contributed by atoms with Crippen molar-refractivity contribution >= 4 is 21.7 Å². The minimum atomic E-state index is -0.403. The first-order chi connectivity index (χ1) is 11.7. The minimum absolute atomic E-state index is 0.0963. The van der Waals surface area contributed by atoms with Gasteiger partial charge in [0.25, 0.3) is 0 Å². The van der Waals surface area contributed by atoms with Gasteiger partial charge in [-0.15, -0.1) is 0 Å². The summed E-state index contributed by atoms with van der Waals surface area (Å²) in [5.74, 6) is 1.52. The molecule has 5 nitrogen and oxygen atoms in total. The first-order valence-corrected chi connectivity index (χ1v) is 8.34. The molecule has 0 N–H and O–H groups in total. The number of Topliss-reactive ketones (excluding diaryl/α,β-unsaturated/α-hetero) is 1. The summed E-state index contributed by atoms with van der Waals surface area (Å²) < 4.78 is 22.4. The second kappa shape index (κ2) is 7.13. The number of alkyl halides is 1. The molecule has 0 radical (unpaired) electrons. The van der Waals surface area contributed by atoms with E-state index in [4.69, 9.17) is 18.9 Å². The number of carbonyl (C=O) groups is 1. The van der Waals surface area contributed by atoms with Gasteiger partial charge in [-0.3, -0.25) is 4.79 Å². The highest BCUT2D eigenvalue weighted by atomic mass is 79.9.